The number of piperazine rings is 1. The van der Waals surface area contributed by atoms with Crippen molar-refractivity contribution in [3.05, 3.63) is 53.2 Å². The number of rotatable bonds is 5. The first kappa shape index (κ1) is 30.4. The summed E-state index contributed by atoms with van der Waals surface area (Å²) < 4.78 is 12.0. The second-order valence-corrected chi connectivity index (χ2v) is 14.1. The molecule has 1 N–H and O–H groups in total. The average Bonchev–Trinajstić information content (AvgIpc) is 3.38. The summed E-state index contributed by atoms with van der Waals surface area (Å²) in [5.74, 6) is 1.72. The number of ether oxygens (including phenoxy) is 2. The highest BCUT2D eigenvalue weighted by Crippen LogP contribution is 2.43. The van der Waals surface area contributed by atoms with Crippen LogP contribution < -0.4 is 9.64 Å². The topological polar surface area (TPSA) is 91.3 Å². The van der Waals surface area contributed by atoms with Gasteiger partial charge in [-0.1, -0.05) is 31.2 Å². The zero-order valence-electron chi connectivity index (χ0n) is 27.0. The van der Waals surface area contributed by atoms with Crippen molar-refractivity contribution in [1.82, 2.24) is 19.8 Å². The van der Waals surface area contributed by atoms with Gasteiger partial charge in [0.15, 0.2) is 0 Å². The van der Waals surface area contributed by atoms with Crippen molar-refractivity contribution in [2.75, 3.05) is 44.7 Å². The number of amides is 1. The molecule has 3 aliphatic rings. The van der Waals surface area contributed by atoms with Crippen molar-refractivity contribution in [2.45, 2.75) is 83.9 Å². The molecule has 2 aromatic carbocycles. The SMILES string of the molecule is CC1Cc2c(nc(OC[C@@H]3CCCN3C)nc2N2CCN(C(=O)OC(C)(C)C)C[C@@H]2C)CC1c1cc(O)cc2ccccc12. The third-order valence-corrected chi connectivity index (χ3v) is 9.58. The van der Waals surface area contributed by atoms with Crippen LogP contribution in [0, 0.1) is 5.92 Å². The second kappa shape index (κ2) is 12.1. The Bertz CT molecular complexity index is 1520. The Balaban J connectivity index is 1.33. The molecule has 6 rings (SSSR count). The Morgan fingerprint density at radius 2 is 1.86 bits per heavy atom. The third-order valence-electron chi connectivity index (χ3n) is 9.58. The van der Waals surface area contributed by atoms with E-state index < -0.39 is 5.60 Å². The zero-order valence-corrected chi connectivity index (χ0v) is 27.0. The van der Waals surface area contributed by atoms with Gasteiger partial charge in [-0.2, -0.15) is 9.97 Å². The summed E-state index contributed by atoms with van der Waals surface area (Å²) in [7, 11) is 2.15. The highest BCUT2D eigenvalue weighted by molar-refractivity contribution is 5.87. The molecule has 3 heterocycles. The smallest absolute Gasteiger partial charge is 0.410 e. The van der Waals surface area contributed by atoms with E-state index in [4.69, 9.17) is 19.4 Å². The van der Waals surface area contributed by atoms with Gasteiger partial charge in [0.1, 0.15) is 23.8 Å². The lowest BCUT2D eigenvalue weighted by atomic mass is 9.74. The molecule has 236 valence electrons. The van der Waals surface area contributed by atoms with Gasteiger partial charge in [0.2, 0.25) is 0 Å². The van der Waals surface area contributed by atoms with Gasteiger partial charge in [-0.15, -0.1) is 0 Å². The van der Waals surface area contributed by atoms with Crippen LogP contribution >= 0.6 is 0 Å². The van der Waals surface area contributed by atoms with Crippen LogP contribution in [-0.4, -0.2) is 88.5 Å². The van der Waals surface area contributed by atoms with E-state index in [9.17, 15) is 9.90 Å². The molecule has 2 unspecified atom stereocenters. The molecule has 0 saturated carbocycles. The van der Waals surface area contributed by atoms with E-state index in [0.29, 0.717) is 50.0 Å². The number of benzene rings is 2. The van der Waals surface area contributed by atoms with Crippen LogP contribution in [0.3, 0.4) is 0 Å². The lowest BCUT2D eigenvalue weighted by molar-refractivity contribution is 0.0218. The third kappa shape index (κ3) is 6.29. The Morgan fingerprint density at radius 1 is 1.07 bits per heavy atom. The number of likely N-dealkylation sites (tertiary alicyclic amines) is 1. The molecule has 1 aromatic heterocycles. The van der Waals surface area contributed by atoms with Crippen LogP contribution in [0.1, 0.15) is 70.2 Å². The summed E-state index contributed by atoms with van der Waals surface area (Å²) in [4.78, 5) is 29.5. The van der Waals surface area contributed by atoms with Crippen LogP contribution in [0.4, 0.5) is 10.6 Å². The van der Waals surface area contributed by atoms with E-state index in [2.05, 4.69) is 48.9 Å². The molecule has 2 fully saturated rings. The molecule has 1 amide bonds. The van der Waals surface area contributed by atoms with E-state index in [0.717, 1.165) is 48.3 Å². The molecule has 4 atom stereocenters. The fourth-order valence-electron chi connectivity index (χ4n) is 7.22. The minimum atomic E-state index is -0.531. The Morgan fingerprint density at radius 3 is 2.59 bits per heavy atom. The molecule has 0 radical (unpaired) electrons. The average molecular weight is 602 g/mol. The number of aromatic nitrogens is 2. The van der Waals surface area contributed by atoms with Gasteiger partial charge in [-0.25, -0.2) is 4.79 Å². The lowest BCUT2D eigenvalue weighted by Gasteiger charge is -2.42. The van der Waals surface area contributed by atoms with Crippen LogP contribution in [0.15, 0.2) is 36.4 Å². The summed E-state index contributed by atoms with van der Waals surface area (Å²) in [5.41, 5.74) is 2.81. The molecule has 1 aliphatic carbocycles. The number of carbonyl (C=O) groups is 1. The van der Waals surface area contributed by atoms with Crippen molar-refractivity contribution >= 4 is 22.7 Å². The minimum Gasteiger partial charge on any atom is -0.508 e. The van der Waals surface area contributed by atoms with Crippen molar-refractivity contribution in [1.29, 1.82) is 0 Å². The Kier molecular flexibility index (Phi) is 8.35. The standard InChI is InChI=1S/C35H47N5O4/c1-22-16-30-31(19-28(22)29-18-26(41)17-24-10-7-8-12-27(24)29)36-33(43-21-25-11-9-13-38(25)6)37-32(30)40-15-14-39(20-23(40)2)34(42)44-35(3,4)5/h7-8,10,12,17-18,22-23,25,28,41H,9,11,13-16,19-21H2,1-6H3/t22?,23-,25-,28?/m0/s1. The predicted octanol–water partition coefficient (Wildman–Crippen LogP) is 5.77. The maximum atomic E-state index is 12.9. The molecule has 44 heavy (non-hydrogen) atoms. The van der Waals surface area contributed by atoms with Crippen LogP contribution in [-0.2, 0) is 17.6 Å². The Hall–Kier alpha value is -3.59. The first-order chi connectivity index (χ1) is 21.0. The number of fused-ring (bicyclic) bond motifs is 2. The highest BCUT2D eigenvalue weighted by Gasteiger charge is 2.37. The molecule has 0 bridgehead atoms. The minimum absolute atomic E-state index is 0.0483. The number of anilines is 1. The van der Waals surface area contributed by atoms with Crippen molar-refractivity contribution in [3.8, 4) is 11.8 Å². The quantitative estimate of drug-likeness (QED) is 0.394. The molecule has 3 aromatic rings. The largest absolute Gasteiger partial charge is 0.508 e. The van der Waals surface area contributed by atoms with E-state index in [1.54, 1.807) is 4.90 Å². The number of carbonyl (C=O) groups excluding carboxylic acids is 1. The van der Waals surface area contributed by atoms with Crippen LogP contribution in [0.2, 0.25) is 0 Å². The van der Waals surface area contributed by atoms with Crippen LogP contribution in [0.25, 0.3) is 10.8 Å². The number of likely N-dealkylation sites (N-methyl/N-ethyl adjacent to an activating group) is 1. The Labute approximate surface area is 261 Å². The number of phenols is 1. The van der Waals surface area contributed by atoms with E-state index in [1.165, 1.54) is 17.4 Å². The lowest BCUT2D eigenvalue weighted by Crippen LogP contribution is -2.55. The summed E-state index contributed by atoms with van der Waals surface area (Å²) in [6.45, 7) is 13.6. The molecule has 2 saturated heterocycles. The number of phenolic OH excluding ortho intramolecular Hbond substituents is 1. The van der Waals surface area contributed by atoms with E-state index in [1.807, 2.05) is 39.0 Å². The fraction of sp³-hybridized carbons (Fsp3) is 0.571. The summed E-state index contributed by atoms with van der Waals surface area (Å²) in [6.07, 6.45) is 3.59. The zero-order chi connectivity index (χ0) is 31.2. The molecular weight excluding hydrogens is 554 g/mol. The van der Waals surface area contributed by atoms with Gasteiger partial charge in [-0.05, 0) is 107 Å². The van der Waals surface area contributed by atoms with E-state index >= 15 is 0 Å². The van der Waals surface area contributed by atoms with Crippen molar-refractivity contribution in [2.24, 2.45) is 5.92 Å². The number of hydrogen-bond acceptors (Lipinski definition) is 8. The van der Waals surface area contributed by atoms with Crippen molar-refractivity contribution in [3.63, 3.8) is 0 Å². The summed E-state index contributed by atoms with van der Waals surface area (Å²) >= 11 is 0. The van der Waals surface area contributed by atoms with Crippen LogP contribution in [0.5, 0.6) is 11.8 Å². The number of aromatic hydroxyl groups is 1. The summed E-state index contributed by atoms with van der Waals surface area (Å²) in [6, 6.07) is 12.9. The highest BCUT2D eigenvalue weighted by atomic mass is 16.6. The van der Waals surface area contributed by atoms with E-state index in [-0.39, 0.29) is 18.1 Å². The second-order valence-electron chi connectivity index (χ2n) is 14.1. The normalized spacial score (nSPS) is 24.4. The first-order valence-corrected chi connectivity index (χ1v) is 16.2. The molecular formula is C35H47N5O4. The van der Waals surface area contributed by atoms with Gasteiger partial charge in [0, 0.05) is 37.3 Å². The maximum Gasteiger partial charge on any atom is 0.410 e. The molecule has 2 aliphatic heterocycles. The van der Waals surface area contributed by atoms with Gasteiger partial charge in [-0.3, -0.25) is 0 Å². The molecule has 0 spiro atoms. The van der Waals surface area contributed by atoms with Gasteiger partial charge >= 0.3 is 12.1 Å². The monoisotopic (exact) mass is 601 g/mol. The van der Waals surface area contributed by atoms with Gasteiger partial charge in [0.05, 0.1) is 5.69 Å². The maximum absolute atomic E-state index is 12.9. The molecule has 9 nitrogen and oxygen atoms in total. The molecule has 9 heteroatoms. The first-order valence-electron chi connectivity index (χ1n) is 16.2. The fourth-order valence-corrected chi connectivity index (χ4v) is 7.22. The van der Waals surface area contributed by atoms with Crippen molar-refractivity contribution < 1.29 is 19.4 Å². The van der Waals surface area contributed by atoms with Gasteiger partial charge in [0.25, 0.3) is 0 Å². The number of nitrogens with zero attached hydrogens (tertiary/aromatic N) is 5. The number of hydrogen-bond donors (Lipinski definition) is 1. The summed E-state index contributed by atoms with van der Waals surface area (Å²) in [5, 5.41) is 12.9. The predicted molar refractivity (Wildman–Crippen MR) is 173 cm³/mol. The van der Waals surface area contributed by atoms with Gasteiger partial charge < -0.3 is 29.3 Å².